The van der Waals surface area contributed by atoms with Gasteiger partial charge in [0.15, 0.2) is 0 Å². The van der Waals surface area contributed by atoms with Gasteiger partial charge in [0.05, 0.1) is 0 Å². The molecule has 2 heterocycles. The van der Waals surface area contributed by atoms with Crippen molar-refractivity contribution in [2.75, 3.05) is 0 Å². The second-order valence-corrected chi connectivity index (χ2v) is 5.97. The fourth-order valence-corrected chi connectivity index (χ4v) is 2.81. The summed E-state index contributed by atoms with van der Waals surface area (Å²) in [5, 5.41) is 0.368. The van der Waals surface area contributed by atoms with E-state index in [1.807, 2.05) is 36.4 Å². The number of aryl methyl sites for hydroxylation is 1. The van der Waals surface area contributed by atoms with E-state index in [4.69, 9.17) is 16.3 Å². The van der Waals surface area contributed by atoms with Gasteiger partial charge in [-0.1, -0.05) is 23.4 Å². The predicted octanol–water partition coefficient (Wildman–Crippen LogP) is 4.78. The largest absolute Gasteiger partial charge is 0.439 e. The third-order valence-electron chi connectivity index (χ3n) is 2.71. The standard InChI is InChI=1S/C16H12ClN3OS/c1-11-19-15(17)10-16(20-11)21-12-2-4-13(5-3-12)22-14-6-8-18-9-7-14/h2-10H,1H3. The fraction of sp³-hybridized carbons (Fsp3) is 0.0625. The number of pyridine rings is 1. The van der Waals surface area contributed by atoms with Crippen LogP contribution >= 0.6 is 23.4 Å². The molecule has 3 rings (SSSR count). The molecule has 0 saturated carbocycles. The Labute approximate surface area is 137 Å². The van der Waals surface area contributed by atoms with Gasteiger partial charge in [0.1, 0.15) is 16.7 Å². The van der Waals surface area contributed by atoms with Crippen LogP contribution in [-0.2, 0) is 0 Å². The van der Waals surface area contributed by atoms with E-state index < -0.39 is 0 Å². The van der Waals surface area contributed by atoms with Crippen molar-refractivity contribution >= 4 is 23.4 Å². The maximum absolute atomic E-state index is 5.89. The summed E-state index contributed by atoms with van der Waals surface area (Å²) in [5.41, 5.74) is 0. The molecule has 0 radical (unpaired) electrons. The van der Waals surface area contributed by atoms with Crippen molar-refractivity contribution in [1.82, 2.24) is 15.0 Å². The van der Waals surface area contributed by atoms with Crippen molar-refractivity contribution in [3.8, 4) is 11.6 Å². The van der Waals surface area contributed by atoms with Crippen LogP contribution in [0, 0.1) is 6.92 Å². The second-order valence-electron chi connectivity index (χ2n) is 4.43. The highest BCUT2D eigenvalue weighted by Crippen LogP contribution is 2.29. The monoisotopic (exact) mass is 329 g/mol. The minimum Gasteiger partial charge on any atom is -0.439 e. The van der Waals surface area contributed by atoms with E-state index in [1.54, 1.807) is 37.1 Å². The Morgan fingerprint density at radius 3 is 2.32 bits per heavy atom. The van der Waals surface area contributed by atoms with Crippen molar-refractivity contribution in [3.05, 3.63) is 65.8 Å². The zero-order valence-corrected chi connectivity index (χ0v) is 13.3. The normalized spacial score (nSPS) is 10.5. The molecule has 0 bridgehead atoms. The van der Waals surface area contributed by atoms with Gasteiger partial charge in [-0.15, -0.1) is 0 Å². The molecule has 4 nitrogen and oxygen atoms in total. The van der Waals surface area contributed by atoms with Gasteiger partial charge in [0, 0.05) is 28.3 Å². The van der Waals surface area contributed by atoms with Crippen molar-refractivity contribution < 1.29 is 4.74 Å². The molecule has 22 heavy (non-hydrogen) atoms. The number of hydrogen-bond acceptors (Lipinski definition) is 5. The molecular formula is C16H12ClN3OS. The van der Waals surface area contributed by atoms with E-state index in [-0.39, 0.29) is 0 Å². The summed E-state index contributed by atoms with van der Waals surface area (Å²) in [5.74, 6) is 1.72. The lowest BCUT2D eigenvalue weighted by Gasteiger charge is -2.07. The molecule has 0 aliphatic carbocycles. The predicted molar refractivity (Wildman–Crippen MR) is 86.7 cm³/mol. The molecule has 0 amide bonds. The first-order valence-electron chi connectivity index (χ1n) is 6.56. The van der Waals surface area contributed by atoms with Gasteiger partial charge < -0.3 is 4.74 Å². The lowest BCUT2D eigenvalue weighted by atomic mass is 10.3. The van der Waals surface area contributed by atoms with Crippen LogP contribution in [0.1, 0.15) is 5.82 Å². The molecule has 3 aromatic rings. The summed E-state index contributed by atoms with van der Waals surface area (Å²) in [7, 11) is 0. The Morgan fingerprint density at radius 2 is 1.64 bits per heavy atom. The molecule has 0 aliphatic rings. The Balaban J connectivity index is 1.71. The van der Waals surface area contributed by atoms with Crippen LogP contribution in [0.4, 0.5) is 0 Å². The summed E-state index contributed by atoms with van der Waals surface area (Å²) >= 11 is 7.56. The van der Waals surface area contributed by atoms with Crippen molar-refractivity contribution in [3.63, 3.8) is 0 Å². The molecule has 6 heteroatoms. The molecule has 0 N–H and O–H groups in total. The Bertz CT molecular complexity index is 746. The Morgan fingerprint density at radius 1 is 0.955 bits per heavy atom. The number of aromatic nitrogens is 3. The molecule has 0 aliphatic heterocycles. The van der Waals surface area contributed by atoms with Crippen LogP contribution in [-0.4, -0.2) is 15.0 Å². The third-order valence-corrected chi connectivity index (χ3v) is 3.92. The van der Waals surface area contributed by atoms with Gasteiger partial charge in [-0.25, -0.2) is 4.98 Å². The number of benzene rings is 1. The van der Waals surface area contributed by atoms with Gasteiger partial charge in [0.25, 0.3) is 0 Å². The molecule has 1 aromatic carbocycles. The number of rotatable bonds is 4. The third kappa shape index (κ3) is 3.96. The fourth-order valence-electron chi connectivity index (χ4n) is 1.80. The lowest BCUT2D eigenvalue weighted by Crippen LogP contribution is -1.93. The second kappa shape index (κ2) is 6.77. The minimum atomic E-state index is 0.368. The van der Waals surface area contributed by atoms with Gasteiger partial charge in [0.2, 0.25) is 5.88 Å². The summed E-state index contributed by atoms with van der Waals surface area (Å²) in [6.07, 6.45) is 3.56. The lowest BCUT2D eigenvalue weighted by molar-refractivity contribution is 0.459. The van der Waals surface area contributed by atoms with E-state index in [0.29, 0.717) is 22.6 Å². The van der Waals surface area contributed by atoms with E-state index in [2.05, 4.69) is 15.0 Å². The highest BCUT2D eigenvalue weighted by molar-refractivity contribution is 7.99. The van der Waals surface area contributed by atoms with Crippen LogP contribution in [0.3, 0.4) is 0 Å². The van der Waals surface area contributed by atoms with Gasteiger partial charge >= 0.3 is 0 Å². The van der Waals surface area contributed by atoms with Crippen LogP contribution in [0.2, 0.25) is 5.15 Å². The summed E-state index contributed by atoms with van der Waals surface area (Å²) in [6.45, 7) is 1.77. The molecule has 0 saturated heterocycles. The SMILES string of the molecule is Cc1nc(Cl)cc(Oc2ccc(Sc3ccncc3)cc2)n1. The van der Waals surface area contributed by atoms with E-state index >= 15 is 0 Å². The number of ether oxygens (including phenoxy) is 1. The molecule has 0 unspecified atom stereocenters. The van der Waals surface area contributed by atoms with Crippen LogP contribution in [0.25, 0.3) is 0 Å². The first-order valence-corrected chi connectivity index (χ1v) is 7.75. The summed E-state index contributed by atoms with van der Waals surface area (Å²) in [6, 6.07) is 13.3. The van der Waals surface area contributed by atoms with Gasteiger partial charge in [-0.05, 0) is 43.3 Å². The highest BCUT2D eigenvalue weighted by Gasteiger charge is 2.03. The van der Waals surface area contributed by atoms with E-state index in [0.717, 1.165) is 9.79 Å². The average molecular weight is 330 g/mol. The van der Waals surface area contributed by atoms with Crippen molar-refractivity contribution in [2.45, 2.75) is 16.7 Å². The zero-order chi connectivity index (χ0) is 15.4. The molecule has 0 atom stereocenters. The van der Waals surface area contributed by atoms with Gasteiger partial charge in [-0.2, -0.15) is 4.98 Å². The topological polar surface area (TPSA) is 47.9 Å². The number of hydrogen-bond donors (Lipinski definition) is 0. The summed E-state index contributed by atoms with van der Waals surface area (Å²) in [4.78, 5) is 14.5. The maximum Gasteiger partial charge on any atom is 0.224 e. The zero-order valence-electron chi connectivity index (χ0n) is 11.7. The Kier molecular flexibility index (Phi) is 4.56. The molecule has 110 valence electrons. The smallest absolute Gasteiger partial charge is 0.224 e. The van der Waals surface area contributed by atoms with E-state index in [1.165, 1.54) is 0 Å². The minimum absolute atomic E-state index is 0.368. The first-order chi connectivity index (χ1) is 10.7. The van der Waals surface area contributed by atoms with E-state index in [9.17, 15) is 0 Å². The Hall–Kier alpha value is -2.11. The van der Waals surface area contributed by atoms with Crippen LogP contribution in [0.5, 0.6) is 11.6 Å². The van der Waals surface area contributed by atoms with Crippen LogP contribution in [0.15, 0.2) is 64.6 Å². The van der Waals surface area contributed by atoms with Crippen LogP contribution < -0.4 is 4.74 Å². The van der Waals surface area contributed by atoms with Crippen molar-refractivity contribution in [1.29, 1.82) is 0 Å². The quantitative estimate of drug-likeness (QED) is 0.645. The average Bonchev–Trinajstić information content (AvgIpc) is 2.49. The molecule has 0 spiro atoms. The highest BCUT2D eigenvalue weighted by atomic mass is 35.5. The molecule has 2 aromatic heterocycles. The number of nitrogens with zero attached hydrogens (tertiary/aromatic N) is 3. The number of halogens is 1. The maximum atomic E-state index is 5.89. The first kappa shape index (κ1) is 14.8. The molecular weight excluding hydrogens is 318 g/mol. The summed E-state index contributed by atoms with van der Waals surface area (Å²) < 4.78 is 5.69. The van der Waals surface area contributed by atoms with Gasteiger partial charge in [-0.3, -0.25) is 4.98 Å². The molecule has 0 fully saturated rings. The van der Waals surface area contributed by atoms with Crippen molar-refractivity contribution in [2.24, 2.45) is 0 Å².